The second-order valence-corrected chi connectivity index (χ2v) is 8.49. The number of nitrogens with zero attached hydrogens (tertiary/aromatic N) is 2. The lowest BCUT2D eigenvalue weighted by molar-refractivity contribution is -0.114. The van der Waals surface area contributed by atoms with Crippen LogP contribution in [0, 0.1) is 12.7 Å². The fourth-order valence-electron chi connectivity index (χ4n) is 2.84. The Morgan fingerprint density at radius 1 is 1.06 bits per heavy atom. The highest BCUT2D eigenvalue weighted by Crippen LogP contribution is 2.27. The van der Waals surface area contributed by atoms with Crippen LogP contribution < -0.4 is 20.7 Å². The first-order valence-corrected chi connectivity index (χ1v) is 10.9. The van der Waals surface area contributed by atoms with Gasteiger partial charge in [0.25, 0.3) is 11.8 Å². The van der Waals surface area contributed by atoms with E-state index >= 15 is 0 Å². The van der Waals surface area contributed by atoms with Gasteiger partial charge in [-0.2, -0.15) is 0 Å². The van der Waals surface area contributed by atoms with Crippen LogP contribution in [0.3, 0.4) is 0 Å². The van der Waals surface area contributed by atoms with Crippen LogP contribution >= 0.6 is 11.3 Å². The third-order valence-electron chi connectivity index (χ3n) is 4.62. The lowest BCUT2D eigenvalue weighted by Gasteiger charge is -2.12. The number of nitrogens with one attached hydrogen (secondary N) is 3. The molecule has 1 aliphatic rings. The molecular formula is C22H20FN5O4S. The van der Waals surface area contributed by atoms with E-state index in [-0.39, 0.29) is 39.1 Å². The van der Waals surface area contributed by atoms with Crippen LogP contribution in [0.15, 0.2) is 36.7 Å². The fourth-order valence-corrected chi connectivity index (χ4v) is 3.60. The summed E-state index contributed by atoms with van der Waals surface area (Å²) >= 11 is 0.991. The first-order chi connectivity index (χ1) is 15.8. The van der Waals surface area contributed by atoms with E-state index in [0.717, 1.165) is 24.2 Å². The first kappa shape index (κ1) is 22.3. The van der Waals surface area contributed by atoms with Crippen molar-refractivity contribution in [3.05, 3.63) is 58.5 Å². The number of aromatic nitrogens is 2. The van der Waals surface area contributed by atoms with E-state index in [2.05, 4.69) is 25.9 Å². The molecule has 0 unspecified atom stereocenters. The van der Waals surface area contributed by atoms with Crippen molar-refractivity contribution in [1.82, 2.24) is 9.97 Å². The fraction of sp³-hybridized carbons (Fsp3) is 0.227. The maximum Gasteiger partial charge on any atom is 0.267 e. The normalized spacial score (nSPS) is 12.7. The molecule has 3 amide bonds. The van der Waals surface area contributed by atoms with Crippen molar-refractivity contribution in [2.75, 3.05) is 16.0 Å². The Kier molecular flexibility index (Phi) is 6.31. The summed E-state index contributed by atoms with van der Waals surface area (Å²) in [4.78, 5) is 44.7. The van der Waals surface area contributed by atoms with Crippen LogP contribution in [0.1, 0.15) is 45.4 Å². The summed E-state index contributed by atoms with van der Waals surface area (Å²) in [6.45, 7) is 2.94. The van der Waals surface area contributed by atoms with E-state index in [1.165, 1.54) is 31.5 Å². The molecule has 0 bridgehead atoms. The standard InChI is InChI=1S/C22H20FN5O4S/c1-11-7-16(23)15(20(30)28-19-6-5-14(9-24-19)32-13-3-4-13)8-17(11)27-21(31)18-10-25-22(33-18)26-12(2)29/h5-10,13H,3-4H2,1-2H3,(H,27,31)(H,24,28,30)(H,25,26,29). The van der Waals surface area contributed by atoms with Crippen LogP contribution in [0.2, 0.25) is 0 Å². The molecule has 0 spiro atoms. The molecule has 1 aliphatic carbocycles. The molecule has 9 nitrogen and oxygen atoms in total. The number of ether oxygens (including phenoxy) is 1. The third kappa shape index (κ3) is 5.69. The molecule has 2 heterocycles. The van der Waals surface area contributed by atoms with E-state index in [9.17, 15) is 18.8 Å². The van der Waals surface area contributed by atoms with Crippen LogP contribution in [0.5, 0.6) is 5.75 Å². The van der Waals surface area contributed by atoms with E-state index in [4.69, 9.17) is 4.74 Å². The summed E-state index contributed by atoms with van der Waals surface area (Å²) in [7, 11) is 0. The lowest BCUT2D eigenvalue weighted by Crippen LogP contribution is -2.17. The van der Waals surface area contributed by atoms with Gasteiger partial charge in [0.15, 0.2) is 5.13 Å². The lowest BCUT2D eigenvalue weighted by atomic mass is 10.1. The van der Waals surface area contributed by atoms with Crippen molar-refractivity contribution in [2.24, 2.45) is 0 Å². The van der Waals surface area contributed by atoms with Gasteiger partial charge in [-0.3, -0.25) is 14.4 Å². The number of thiazole rings is 1. The van der Waals surface area contributed by atoms with Gasteiger partial charge < -0.3 is 20.7 Å². The zero-order valence-corrected chi connectivity index (χ0v) is 18.6. The summed E-state index contributed by atoms with van der Waals surface area (Å²) in [6, 6.07) is 5.68. The maximum atomic E-state index is 14.5. The van der Waals surface area contributed by atoms with E-state index in [1.54, 1.807) is 19.1 Å². The molecule has 4 rings (SSSR count). The summed E-state index contributed by atoms with van der Waals surface area (Å²) in [5.41, 5.74) is 0.449. The highest BCUT2D eigenvalue weighted by atomic mass is 32.1. The summed E-state index contributed by atoms with van der Waals surface area (Å²) in [5.74, 6) is -1.41. The van der Waals surface area contributed by atoms with E-state index in [0.29, 0.717) is 11.3 Å². The van der Waals surface area contributed by atoms with Gasteiger partial charge in [0.1, 0.15) is 22.3 Å². The minimum atomic E-state index is -0.734. The molecule has 0 radical (unpaired) electrons. The molecule has 33 heavy (non-hydrogen) atoms. The first-order valence-electron chi connectivity index (χ1n) is 10.1. The number of carbonyl (C=O) groups excluding carboxylic acids is 3. The predicted molar refractivity (Wildman–Crippen MR) is 121 cm³/mol. The Morgan fingerprint density at radius 2 is 1.85 bits per heavy atom. The van der Waals surface area contributed by atoms with Crippen LogP contribution in [0.25, 0.3) is 0 Å². The molecular weight excluding hydrogens is 449 g/mol. The molecule has 0 saturated heterocycles. The molecule has 3 aromatic rings. The monoisotopic (exact) mass is 469 g/mol. The van der Waals surface area contributed by atoms with Gasteiger partial charge in [-0.05, 0) is 49.6 Å². The second-order valence-electron chi connectivity index (χ2n) is 7.46. The summed E-state index contributed by atoms with van der Waals surface area (Å²) in [6.07, 6.45) is 5.08. The molecule has 11 heteroatoms. The topological polar surface area (TPSA) is 122 Å². The van der Waals surface area contributed by atoms with Gasteiger partial charge in [0.05, 0.1) is 24.1 Å². The maximum absolute atomic E-state index is 14.5. The minimum Gasteiger partial charge on any atom is -0.489 e. The summed E-state index contributed by atoms with van der Waals surface area (Å²) in [5, 5.41) is 7.97. The number of hydrogen-bond donors (Lipinski definition) is 3. The van der Waals surface area contributed by atoms with Crippen molar-refractivity contribution in [2.45, 2.75) is 32.8 Å². The SMILES string of the molecule is CC(=O)Nc1ncc(C(=O)Nc2cc(C(=O)Nc3ccc(OC4CC4)cn3)c(F)cc2C)s1. The van der Waals surface area contributed by atoms with Crippen LogP contribution in [-0.2, 0) is 4.79 Å². The van der Waals surface area contributed by atoms with E-state index in [1.807, 2.05) is 0 Å². The predicted octanol–water partition coefficient (Wildman–Crippen LogP) is 3.99. The Bertz CT molecular complexity index is 1220. The van der Waals surface area contributed by atoms with Crippen molar-refractivity contribution < 1.29 is 23.5 Å². The Morgan fingerprint density at radius 3 is 2.52 bits per heavy atom. The average molecular weight is 469 g/mol. The molecule has 2 aromatic heterocycles. The molecule has 0 aliphatic heterocycles. The third-order valence-corrected chi connectivity index (χ3v) is 5.54. The van der Waals surface area contributed by atoms with Crippen molar-refractivity contribution in [3.63, 3.8) is 0 Å². The number of hydrogen-bond acceptors (Lipinski definition) is 7. The Labute approximate surface area is 192 Å². The number of amides is 3. The molecule has 1 saturated carbocycles. The van der Waals surface area contributed by atoms with Crippen molar-refractivity contribution >= 4 is 45.7 Å². The van der Waals surface area contributed by atoms with Gasteiger partial charge in [0, 0.05) is 12.6 Å². The molecule has 3 N–H and O–H groups in total. The minimum absolute atomic E-state index is 0.226. The van der Waals surface area contributed by atoms with Gasteiger partial charge in [0.2, 0.25) is 5.91 Å². The molecule has 1 aromatic carbocycles. The zero-order chi connectivity index (χ0) is 23.5. The number of rotatable bonds is 7. The molecule has 170 valence electrons. The number of anilines is 3. The number of halogens is 1. The van der Waals surface area contributed by atoms with Gasteiger partial charge in [-0.15, -0.1) is 0 Å². The molecule has 1 fully saturated rings. The van der Waals surface area contributed by atoms with Gasteiger partial charge in [-0.25, -0.2) is 14.4 Å². The quantitative estimate of drug-likeness (QED) is 0.481. The molecule has 0 atom stereocenters. The zero-order valence-electron chi connectivity index (χ0n) is 17.8. The van der Waals surface area contributed by atoms with Crippen molar-refractivity contribution in [1.29, 1.82) is 0 Å². The van der Waals surface area contributed by atoms with Gasteiger partial charge in [-0.1, -0.05) is 11.3 Å². The van der Waals surface area contributed by atoms with Crippen LogP contribution in [0.4, 0.5) is 21.0 Å². The highest BCUT2D eigenvalue weighted by Gasteiger charge is 2.23. The second kappa shape index (κ2) is 9.33. The Balaban J connectivity index is 1.46. The van der Waals surface area contributed by atoms with Gasteiger partial charge >= 0.3 is 0 Å². The highest BCUT2D eigenvalue weighted by molar-refractivity contribution is 7.17. The number of aryl methyl sites for hydroxylation is 1. The summed E-state index contributed by atoms with van der Waals surface area (Å²) < 4.78 is 20.1. The largest absolute Gasteiger partial charge is 0.489 e. The Hall–Kier alpha value is -3.86. The van der Waals surface area contributed by atoms with E-state index < -0.39 is 17.6 Å². The number of benzene rings is 1. The van der Waals surface area contributed by atoms with Crippen molar-refractivity contribution in [3.8, 4) is 5.75 Å². The smallest absolute Gasteiger partial charge is 0.267 e. The number of carbonyl (C=O) groups is 3. The van der Waals surface area contributed by atoms with Crippen LogP contribution in [-0.4, -0.2) is 33.8 Å². The number of pyridine rings is 1. The average Bonchev–Trinajstić information content (AvgIpc) is 3.45.